The van der Waals surface area contributed by atoms with Crippen LogP contribution in [0.5, 0.6) is 0 Å². The van der Waals surface area contributed by atoms with Crippen LogP contribution in [0.15, 0.2) is 30.3 Å². The van der Waals surface area contributed by atoms with E-state index in [1.54, 1.807) is 6.92 Å². The van der Waals surface area contributed by atoms with Crippen LogP contribution < -0.4 is 0 Å². The van der Waals surface area contributed by atoms with Gasteiger partial charge in [-0.2, -0.15) is 0 Å². The van der Waals surface area contributed by atoms with E-state index in [1.807, 2.05) is 35.2 Å². The molecule has 3 rings (SSSR count). The Morgan fingerprint density at radius 2 is 2.10 bits per heavy atom. The number of ether oxygens (including phenoxy) is 1. The molecule has 1 heterocycles. The van der Waals surface area contributed by atoms with Crippen molar-refractivity contribution in [2.75, 3.05) is 6.61 Å². The Kier molecular flexibility index (Phi) is 3.69. The summed E-state index contributed by atoms with van der Waals surface area (Å²) in [5.41, 5.74) is 1.03. The molecule has 3 atom stereocenters. The number of carbonyl (C=O) groups is 1. The van der Waals surface area contributed by atoms with E-state index in [1.165, 1.54) is 0 Å². The molecule has 1 aliphatic carbocycles. The van der Waals surface area contributed by atoms with Crippen molar-refractivity contribution in [3.8, 4) is 0 Å². The molecule has 3 unspecified atom stereocenters. The highest BCUT2D eigenvalue weighted by Gasteiger charge is 2.63. The summed E-state index contributed by atoms with van der Waals surface area (Å²) >= 11 is 0. The van der Waals surface area contributed by atoms with E-state index in [4.69, 9.17) is 4.74 Å². The fraction of sp³-hybridized carbons (Fsp3) is 0.562. The number of nitrogens with zero attached hydrogens (tertiary/aromatic N) is 1. The number of piperidine rings is 1. The summed E-state index contributed by atoms with van der Waals surface area (Å²) in [5, 5.41) is 0. The molecule has 2 bridgehead atoms. The molecule has 0 radical (unpaired) electrons. The average Bonchev–Trinajstić information content (AvgIpc) is 2.93. The van der Waals surface area contributed by atoms with E-state index < -0.39 is 23.9 Å². The fourth-order valence-electron chi connectivity index (χ4n) is 3.63. The number of likely N-dealkylation sites (tertiary alicyclic amines) is 1. The zero-order valence-corrected chi connectivity index (χ0v) is 12.0. The third kappa shape index (κ3) is 2.55. The highest BCUT2D eigenvalue weighted by Crippen LogP contribution is 2.52. The van der Waals surface area contributed by atoms with Crippen molar-refractivity contribution in [1.29, 1.82) is 0 Å². The van der Waals surface area contributed by atoms with Gasteiger partial charge in [-0.1, -0.05) is 30.3 Å². The van der Waals surface area contributed by atoms with Crippen LogP contribution >= 0.6 is 0 Å². The summed E-state index contributed by atoms with van der Waals surface area (Å²) in [6, 6.07) is 8.59. The number of halogens is 2. The Morgan fingerprint density at radius 1 is 1.38 bits per heavy atom. The maximum atomic E-state index is 14.0. The maximum Gasteiger partial charge on any atom is 0.323 e. The first-order valence-corrected chi connectivity index (χ1v) is 7.37. The summed E-state index contributed by atoms with van der Waals surface area (Å²) in [5.74, 6) is -4.18. The van der Waals surface area contributed by atoms with Crippen molar-refractivity contribution in [1.82, 2.24) is 4.90 Å². The third-order valence-electron chi connectivity index (χ3n) is 4.52. The van der Waals surface area contributed by atoms with Crippen molar-refractivity contribution in [2.24, 2.45) is 5.92 Å². The minimum atomic E-state index is -2.75. The minimum Gasteiger partial charge on any atom is -0.465 e. The SMILES string of the molecule is CCOC(=O)C1C2CC(CC2(F)F)N1Cc1ccccc1. The average molecular weight is 295 g/mol. The van der Waals surface area contributed by atoms with Crippen LogP contribution in [0.25, 0.3) is 0 Å². The Morgan fingerprint density at radius 3 is 2.76 bits per heavy atom. The van der Waals surface area contributed by atoms with Crippen LogP contribution in [0.4, 0.5) is 8.78 Å². The smallest absolute Gasteiger partial charge is 0.323 e. The van der Waals surface area contributed by atoms with Gasteiger partial charge in [0.25, 0.3) is 5.92 Å². The standard InChI is InChI=1S/C16H19F2NO2/c1-2-21-15(20)14-13-8-12(9-16(13,17)18)19(14)10-11-6-4-3-5-7-11/h3-7,12-14H,2,8-10H2,1H3. The second kappa shape index (κ2) is 5.37. The molecule has 1 saturated carbocycles. The summed E-state index contributed by atoms with van der Waals surface area (Å²) in [4.78, 5) is 14.0. The fourth-order valence-corrected chi connectivity index (χ4v) is 3.63. The number of fused-ring (bicyclic) bond motifs is 2. The molecule has 3 nitrogen and oxygen atoms in total. The molecule has 21 heavy (non-hydrogen) atoms. The second-order valence-corrected chi connectivity index (χ2v) is 5.82. The molecule has 0 N–H and O–H groups in total. The highest BCUT2D eigenvalue weighted by molar-refractivity contribution is 5.77. The van der Waals surface area contributed by atoms with Crippen molar-refractivity contribution in [2.45, 2.75) is 44.3 Å². The lowest BCUT2D eigenvalue weighted by Gasteiger charge is -2.37. The molecule has 2 aliphatic rings. The van der Waals surface area contributed by atoms with Gasteiger partial charge in [-0.25, -0.2) is 8.78 Å². The second-order valence-electron chi connectivity index (χ2n) is 5.82. The van der Waals surface area contributed by atoms with E-state index in [9.17, 15) is 13.6 Å². The Labute approximate surface area is 122 Å². The molecule has 2 fully saturated rings. The van der Waals surface area contributed by atoms with Crippen molar-refractivity contribution < 1.29 is 18.3 Å². The van der Waals surface area contributed by atoms with E-state index >= 15 is 0 Å². The summed E-state index contributed by atoms with van der Waals surface area (Å²) < 4.78 is 33.0. The lowest BCUT2D eigenvalue weighted by Crippen LogP contribution is -2.52. The Balaban J connectivity index is 1.83. The van der Waals surface area contributed by atoms with Gasteiger partial charge in [-0.05, 0) is 18.9 Å². The maximum absolute atomic E-state index is 14.0. The number of alkyl halides is 2. The van der Waals surface area contributed by atoms with Gasteiger partial charge >= 0.3 is 5.97 Å². The molecule has 1 aromatic rings. The summed E-state index contributed by atoms with van der Waals surface area (Å²) in [6.07, 6.45) is 0.226. The number of esters is 1. The van der Waals surface area contributed by atoms with Gasteiger partial charge in [0.2, 0.25) is 0 Å². The number of carbonyl (C=O) groups excluding carboxylic acids is 1. The zero-order chi connectivity index (χ0) is 15.0. The van der Waals surface area contributed by atoms with Gasteiger partial charge in [-0.15, -0.1) is 0 Å². The van der Waals surface area contributed by atoms with Crippen LogP contribution in [0.1, 0.15) is 25.3 Å². The van der Waals surface area contributed by atoms with Crippen LogP contribution in [-0.2, 0) is 16.1 Å². The van der Waals surface area contributed by atoms with Crippen LogP contribution in [0.3, 0.4) is 0 Å². The first-order chi connectivity index (χ1) is 10.0. The molecule has 114 valence electrons. The van der Waals surface area contributed by atoms with Crippen LogP contribution in [0, 0.1) is 5.92 Å². The minimum absolute atomic E-state index is 0.152. The Bertz CT molecular complexity index is 520. The first-order valence-electron chi connectivity index (χ1n) is 7.37. The van der Waals surface area contributed by atoms with Gasteiger partial charge in [0.1, 0.15) is 6.04 Å². The van der Waals surface area contributed by atoms with E-state index in [0.717, 1.165) is 5.56 Å². The molecular formula is C16H19F2NO2. The number of rotatable bonds is 4. The predicted molar refractivity (Wildman–Crippen MR) is 73.9 cm³/mol. The number of hydrogen-bond donors (Lipinski definition) is 0. The zero-order valence-electron chi connectivity index (χ0n) is 12.0. The van der Waals surface area contributed by atoms with Gasteiger partial charge in [0.05, 0.1) is 12.5 Å². The number of hydrogen-bond acceptors (Lipinski definition) is 3. The quantitative estimate of drug-likeness (QED) is 0.800. The van der Waals surface area contributed by atoms with Gasteiger partial charge in [0, 0.05) is 19.0 Å². The summed E-state index contributed by atoms with van der Waals surface area (Å²) in [6.45, 7) is 2.43. The van der Waals surface area contributed by atoms with E-state index in [-0.39, 0.29) is 19.1 Å². The van der Waals surface area contributed by atoms with Crippen molar-refractivity contribution >= 4 is 5.97 Å². The highest BCUT2D eigenvalue weighted by atomic mass is 19.3. The third-order valence-corrected chi connectivity index (χ3v) is 4.52. The predicted octanol–water partition coefficient (Wildman–Crippen LogP) is 2.85. The van der Waals surface area contributed by atoms with Crippen LogP contribution in [-0.4, -0.2) is 35.5 Å². The topological polar surface area (TPSA) is 29.5 Å². The molecule has 1 aromatic carbocycles. The molecular weight excluding hydrogens is 276 g/mol. The number of benzene rings is 1. The van der Waals surface area contributed by atoms with E-state index in [2.05, 4.69) is 0 Å². The summed E-state index contributed by atoms with van der Waals surface area (Å²) in [7, 11) is 0. The van der Waals surface area contributed by atoms with Crippen molar-refractivity contribution in [3.63, 3.8) is 0 Å². The normalized spacial score (nSPS) is 30.5. The lowest BCUT2D eigenvalue weighted by atomic mass is 9.94. The molecule has 1 saturated heterocycles. The molecule has 0 aromatic heterocycles. The van der Waals surface area contributed by atoms with E-state index in [0.29, 0.717) is 13.0 Å². The largest absolute Gasteiger partial charge is 0.465 e. The Hall–Kier alpha value is -1.49. The van der Waals surface area contributed by atoms with Gasteiger partial charge < -0.3 is 4.74 Å². The molecule has 0 amide bonds. The van der Waals surface area contributed by atoms with Crippen LogP contribution in [0.2, 0.25) is 0 Å². The molecule has 5 heteroatoms. The lowest BCUT2D eigenvalue weighted by molar-refractivity contribution is -0.162. The molecule has 1 aliphatic heterocycles. The molecule has 0 spiro atoms. The van der Waals surface area contributed by atoms with Crippen molar-refractivity contribution in [3.05, 3.63) is 35.9 Å². The van der Waals surface area contributed by atoms with Gasteiger partial charge in [-0.3, -0.25) is 9.69 Å². The monoisotopic (exact) mass is 295 g/mol. The first kappa shape index (κ1) is 14.4. The van der Waals surface area contributed by atoms with Gasteiger partial charge in [0.15, 0.2) is 0 Å².